The molecule has 15 heavy (non-hydrogen) atoms. The molecule has 0 spiro atoms. The summed E-state index contributed by atoms with van der Waals surface area (Å²) in [6.07, 6.45) is 2.59. The van der Waals surface area contributed by atoms with Gasteiger partial charge in [-0.25, -0.2) is 4.52 Å². The molecule has 0 N–H and O–H groups in total. The Morgan fingerprint density at radius 1 is 1.60 bits per heavy atom. The molecule has 0 aliphatic heterocycles. The lowest BCUT2D eigenvalue weighted by atomic mass is 10.2. The molecule has 0 amide bonds. The van der Waals surface area contributed by atoms with Crippen LogP contribution in [0.25, 0.3) is 5.52 Å². The summed E-state index contributed by atoms with van der Waals surface area (Å²) in [6, 6.07) is 1.81. The number of hydrogen-bond donors (Lipinski definition) is 0. The smallest absolute Gasteiger partial charge is 0.154 e. The zero-order valence-corrected chi connectivity index (χ0v) is 9.91. The molecule has 0 saturated heterocycles. The van der Waals surface area contributed by atoms with Crippen molar-refractivity contribution in [2.24, 2.45) is 0 Å². The maximum atomic E-state index is 10.9. The molecule has 4 nitrogen and oxygen atoms in total. The number of fused-ring (bicyclic) bond motifs is 1. The van der Waals surface area contributed by atoms with Crippen LogP contribution in [0.4, 0.5) is 0 Å². The van der Waals surface area contributed by atoms with Crippen molar-refractivity contribution >= 4 is 27.7 Å². The number of aryl methyl sites for hydroxylation is 1. The molecule has 5 heteroatoms. The maximum absolute atomic E-state index is 10.9. The predicted molar refractivity (Wildman–Crippen MR) is 59.6 cm³/mol. The molecule has 0 radical (unpaired) electrons. The Morgan fingerprint density at radius 3 is 2.93 bits per heavy atom. The van der Waals surface area contributed by atoms with Crippen LogP contribution in [-0.4, -0.2) is 23.0 Å². The molecule has 2 rings (SSSR count). The summed E-state index contributed by atoms with van der Waals surface area (Å²) in [6.45, 7) is 1.80. The molecule has 0 aliphatic carbocycles. The van der Waals surface area contributed by atoms with Gasteiger partial charge in [-0.2, -0.15) is 5.10 Å². The summed E-state index contributed by atoms with van der Waals surface area (Å²) >= 11 is 3.35. The Morgan fingerprint density at radius 2 is 2.33 bits per heavy atom. The minimum Gasteiger partial charge on any atom is -0.494 e. The standard InChI is InChI=1S/C10H9BrN2O2/c1-6-8(5-14)10-9(15-2)3-7(11)4-13(10)12-6/h3-5H,1-2H3. The van der Waals surface area contributed by atoms with E-state index in [1.807, 2.05) is 6.07 Å². The molecular weight excluding hydrogens is 260 g/mol. The molecule has 0 saturated carbocycles. The second-order valence-corrected chi connectivity index (χ2v) is 4.05. The highest BCUT2D eigenvalue weighted by Crippen LogP contribution is 2.27. The van der Waals surface area contributed by atoms with Gasteiger partial charge in [0.05, 0.1) is 18.4 Å². The average Bonchev–Trinajstić information content (AvgIpc) is 2.52. The second kappa shape index (κ2) is 3.66. The Labute approximate surface area is 95.0 Å². The van der Waals surface area contributed by atoms with Crippen LogP contribution < -0.4 is 4.74 Å². The molecule has 0 bridgehead atoms. The van der Waals surface area contributed by atoms with Gasteiger partial charge >= 0.3 is 0 Å². The summed E-state index contributed by atoms with van der Waals surface area (Å²) in [7, 11) is 1.57. The lowest BCUT2D eigenvalue weighted by Gasteiger charge is -2.03. The van der Waals surface area contributed by atoms with E-state index in [-0.39, 0.29) is 0 Å². The van der Waals surface area contributed by atoms with Gasteiger partial charge in [-0.3, -0.25) is 4.79 Å². The minimum atomic E-state index is 0.569. The number of nitrogens with zero attached hydrogens (tertiary/aromatic N) is 2. The Balaban J connectivity index is 2.91. The third kappa shape index (κ3) is 1.52. The van der Waals surface area contributed by atoms with Crippen molar-refractivity contribution < 1.29 is 9.53 Å². The Bertz CT molecular complexity index is 534. The summed E-state index contributed by atoms with van der Waals surface area (Å²) < 4.78 is 7.71. The van der Waals surface area contributed by atoms with Gasteiger partial charge in [0.15, 0.2) is 6.29 Å². The molecule has 2 aromatic heterocycles. The molecule has 0 unspecified atom stereocenters. The van der Waals surface area contributed by atoms with Crippen LogP contribution >= 0.6 is 15.9 Å². The van der Waals surface area contributed by atoms with E-state index >= 15 is 0 Å². The van der Waals surface area contributed by atoms with Crippen molar-refractivity contribution in [2.75, 3.05) is 7.11 Å². The Kier molecular flexibility index (Phi) is 2.48. The number of ether oxygens (including phenoxy) is 1. The number of hydrogen-bond acceptors (Lipinski definition) is 3. The summed E-state index contributed by atoms with van der Waals surface area (Å²) in [4.78, 5) is 10.9. The van der Waals surface area contributed by atoms with Gasteiger partial charge in [0.25, 0.3) is 0 Å². The first-order chi connectivity index (χ1) is 7.17. The maximum Gasteiger partial charge on any atom is 0.154 e. The topological polar surface area (TPSA) is 43.6 Å². The normalized spacial score (nSPS) is 10.6. The highest BCUT2D eigenvalue weighted by atomic mass is 79.9. The van der Waals surface area contributed by atoms with Gasteiger partial charge in [-0.1, -0.05) is 0 Å². The van der Waals surface area contributed by atoms with Crippen molar-refractivity contribution in [3.63, 3.8) is 0 Å². The molecule has 2 heterocycles. The first kappa shape index (κ1) is 10.2. The molecule has 78 valence electrons. The minimum absolute atomic E-state index is 0.569. The zero-order valence-electron chi connectivity index (χ0n) is 8.32. The number of halogens is 1. The van der Waals surface area contributed by atoms with Crippen LogP contribution in [-0.2, 0) is 0 Å². The lowest BCUT2D eigenvalue weighted by Crippen LogP contribution is -1.92. The second-order valence-electron chi connectivity index (χ2n) is 3.14. The van der Waals surface area contributed by atoms with E-state index in [1.54, 1.807) is 24.7 Å². The van der Waals surface area contributed by atoms with E-state index in [1.165, 1.54) is 0 Å². The van der Waals surface area contributed by atoms with E-state index in [4.69, 9.17) is 4.74 Å². The van der Waals surface area contributed by atoms with Crippen molar-refractivity contribution in [2.45, 2.75) is 6.92 Å². The van der Waals surface area contributed by atoms with Crippen LogP contribution in [0.15, 0.2) is 16.7 Å². The first-order valence-corrected chi connectivity index (χ1v) is 5.14. The predicted octanol–water partition coefficient (Wildman–Crippen LogP) is 2.23. The van der Waals surface area contributed by atoms with Crippen LogP contribution in [0.3, 0.4) is 0 Å². The fourth-order valence-electron chi connectivity index (χ4n) is 1.54. The van der Waals surface area contributed by atoms with Gasteiger partial charge in [0.2, 0.25) is 0 Å². The monoisotopic (exact) mass is 268 g/mol. The molecule has 0 aromatic carbocycles. The summed E-state index contributed by atoms with van der Waals surface area (Å²) in [5.74, 6) is 0.632. The van der Waals surface area contributed by atoms with E-state index < -0.39 is 0 Å². The van der Waals surface area contributed by atoms with Crippen LogP contribution in [0.2, 0.25) is 0 Å². The number of pyridine rings is 1. The lowest BCUT2D eigenvalue weighted by molar-refractivity contribution is 0.112. The van der Waals surface area contributed by atoms with Gasteiger partial charge in [-0.05, 0) is 28.9 Å². The third-order valence-electron chi connectivity index (χ3n) is 2.22. The number of carbonyl (C=O) groups is 1. The van der Waals surface area contributed by atoms with E-state index in [0.29, 0.717) is 22.5 Å². The van der Waals surface area contributed by atoms with Crippen molar-refractivity contribution in [3.05, 3.63) is 28.0 Å². The van der Waals surface area contributed by atoms with E-state index in [0.717, 1.165) is 10.8 Å². The number of rotatable bonds is 2. The molecule has 0 aliphatic rings. The fourth-order valence-corrected chi connectivity index (χ4v) is 1.95. The summed E-state index contributed by atoms with van der Waals surface area (Å²) in [5, 5.41) is 4.23. The SMILES string of the molecule is COc1cc(Br)cn2nc(C)c(C=O)c12. The van der Waals surface area contributed by atoms with Crippen molar-refractivity contribution in [3.8, 4) is 5.75 Å². The van der Waals surface area contributed by atoms with Gasteiger partial charge in [0, 0.05) is 10.7 Å². The highest BCUT2D eigenvalue weighted by molar-refractivity contribution is 9.10. The molecule has 0 fully saturated rings. The van der Waals surface area contributed by atoms with Crippen LogP contribution in [0.1, 0.15) is 16.1 Å². The molecule has 0 atom stereocenters. The quantitative estimate of drug-likeness (QED) is 0.785. The molecule has 2 aromatic rings. The van der Waals surface area contributed by atoms with Gasteiger partial charge in [0.1, 0.15) is 11.3 Å². The van der Waals surface area contributed by atoms with E-state index in [9.17, 15) is 4.79 Å². The number of aldehydes is 1. The van der Waals surface area contributed by atoms with Gasteiger partial charge < -0.3 is 4.74 Å². The number of aromatic nitrogens is 2. The molecular formula is C10H9BrN2O2. The fraction of sp³-hybridized carbons (Fsp3) is 0.200. The summed E-state index contributed by atoms with van der Waals surface area (Å²) in [5.41, 5.74) is 1.97. The number of methoxy groups -OCH3 is 1. The van der Waals surface area contributed by atoms with Crippen LogP contribution in [0.5, 0.6) is 5.75 Å². The van der Waals surface area contributed by atoms with Crippen molar-refractivity contribution in [1.82, 2.24) is 9.61 Å². The van der Waals surface area contributed by atoms with E-state index in [2.05, 4.69) is 21.0 Å². The average molecular weight is 269 g/mol. The first-order valence-electron chi connectivity index (χ1n) is 4.35. The Hall–Kier alpha value is -1.36. The largest absolute Gasteiger partial charge is 0.494 e. The van der Waals surface area contributed by atoms with Gasteiger partial charge in [-0.15, -0.1) is 0 Å². The van der Waals surface area contributed by atoms with Crippen LogP contribution in [0, 0.1) is 6.92 Å². The zero-order chi connectivity index (χ0) is 11.0. The van der Waals surface area contributed by atoms with Crippen molar-refractivity contribution in [1.29, 1.82) is 0 Å². The third-order valence-corrected chi connectivity index (χ3v) is 2.65. The highest BCUT2D eigenvalue weighted by Gasteiger charge is 2.13. The number of carbonyl (C=O) groups excluding carboxylic acids is 1.